The van der Waals surface area contributed by atoms with Gasteiger partial charge in [0.25, 0.3) is 0 Å². The monoisotopic (exact) mass is 552 g/mol. The van der Waals surface area contributed by atoms with Gasteiger partial charge in [-0.05, 0) is 78.4 Å². The second-order valence-electron chi connectivity index (χ2n) is 9.20. The zero-order chi connectivity index (χ0) is 28.0. The van der Waals surface area contributed by atoms with E-state index in [-0.39, 0.29) is 22.0 Å². The van der Waals surface area contributed by atoms with Crippen molar-refractivity contribution in [2.45, 2.75) is 36.6 Å². The highest BCUT2D eigenvalue weighted by atomic mass is 32.2. The number of carbonyl (C=O) groups is 1. The van der Waals surface area contributed by atoms with Crippen molar-refractivity contribution in [3.63, 3.8) is 0 Å². The Morgan fingerprint density at radius 3 is 2.00 bits per heavy atom. The molecule has 0 saturated carbocycles. The summed E-state index contributed by atoms with van der Waals surface area (Å²) in [5, 5.41) is 4.99. The third-order valence-corrected chi connectivity index (χ3v) is 7.97. The van der Waals surface area contributed by atoms with Crippen molar-refractivity contribution < 1.29 is 26.4 Å². The number of amides is 2. The summed E-state index contributed by atoms with van der Waals surface area (Å²) >= 11 is 0. The number of carbonyl (C=O) groups excluding carboxylic acids is 1. The highest BCUT2D eigenvalue weighted by molar-refractivity contribution is 7.90. The Labute approximate surface area is 225 Å². The van der Waals surface area contributed by atoms with Crippen LogP contribution >= 0.6 is 0 Å². The first kappa shape index (κ1) is 27.9. The Hall–Kier alpha value is -4.11. The Balaban J connectivity index is 1.43. The van der Waals surface area contributed by atoms with Gasteiger partial charge < -0.3 is 10.6 Å². The van der Waals surface area contributed by atoms with Gasteiger partial charge in [0, 0.05) is 11.4 Å². The number of benzene rings is 4. The Kier molecular flexibility index (Phi) is 8.40. The molecule has 0 fully saturated rings. The number of aryl methyl sites for hydroxylation is 3. The Bertz CT molecular complexity index is 1550. The zero-order valence-corrected chi connectivity index (χ0v) is 21.9. The molecule has 0 aromatic heterocycles. The quantitative estimate of drug-likeness (QED) is 0.239. The first-order valence-electron chi connectivity index (χ1n) is 12.2. The van der Waals surface area contributed by atoms with Gasteiger partial charge in [-0.15, -0.1) is 0 Å². The van der Waals surface area contributed by atoms with Gasteiger partial charge >= 0.3 is 12.2 Å². The van der Waals surface area contributed by atoms with Crippen LogP contribution in [0.4, 0.5) is 29.3 Å². The van der Waals surface area contributed by atoms with Crippen LogP contribution in [0.2, 0.25) is 0 Å². The van der Waals surface area contributed by atoms with Crippen LogP contribution in [0.25, 0.3) is 0 Å². The van der Waals surface area contributed by atoms with Gasteiger partial charge in [-0.3, -0.25) is 0 Å². The van der Waals surface area contributed by atoms with Crippen LogP contribution in [-0.2, 0) is 34.6 Å². The van der Waals surface area contributed by atoms with Gasteiger partial charge in [-0.1, -0.05) is 60.7 Å². The molecule has 0 bridgehead atoms. The van der Waals surface area contributed by atoms with E-state index >= 15 is 0 Å². The summed E-state index contributed by atoms with van der Waals surface area (Å²) in [6, 6.07) is 25.4. The molecule has 4 rings (SSSR count). The molecule has 0 atom stereocenters. The van der Waals surface area contributed by atoms with E-state index in [1.54, 1.807) is 25.1 Å². The summed E-state index contributed by atoms with van der Waals surface area (Å²) in [5.41, 5.74) is 3.01. The van der Waals surface area contributed by atoms with Gasteiger partial charge in [0.1, 0.15) is 0 Å². The lowest BCUT2D eigenvalue weighted by Crippen LogP contribution is -2.20. The molecule has 39 heavy (non-hydrogen) atoms. The molecule has 202 valence electrons. The second-order valence-corrected chi connectivity index (χ2v) is 11.2. The third kappa shape index (κ3) is 7.70. The molecule has 4 aromatic carbocycles. The van der Waals surface area contributed by atoms with Gasteiger partial charge in [0.2, 0.25) is 0 Å². The highest BCUT2D eigenvalue weighted by Gasteiger charge is 2.30. The number of hydrogen-bond acceptors (Lipinski definition) is 3. The van der Waals surface area contributed by atoms with Crippen LogP contribution < -0.4 is 10.6 Å². The molecule has 0 aliphatic carbocycles. The molecular formula is C30H27F3N2O3S. The fourth-order valence-electron chi connectivity index (χ4n) is 4.15. The van der Waals surface area contributed by atoms with Crippen molar-refractivity contribution in [1.82, 2.24) is 0 Å². The van der Waals surface area contributed by atoms with E-state index in [0.717, 1.165) is 42.7 Å². The summed E-state index contributed by atoms with van der Waals surface area (Å²) in [5.74, 6) is -0.200. The van der Waals surface area contributed by atoms with Crippen molar-refractivity contribution in [2.75, 3.05) is 10.6 Å². The second kappa shape index (κ2) is 11.7. The van der Waals surface area contributed by atoms with Crippen LogP contribution in [0.15, 0.2) is 102 Å². The topological polar surface area (TPSA) is 75.3 Å². The van der Waals surface area contributed by atoms with Gasteiger partial charge in [-0.25, -0.2) is 13.2 Å². The predicted molar refractivity (Wildman–Crippen MR) is 146 cm³/mol. The molecule has 2 N–H and O–H groups in total. The molecule has 4 aromatic rings. The standard InChI is InChI=1S/C30H27F3N2O3S/c1-21-10-15-27(35-29(36)34-26-16-13-25(14-17-26)30(31,32)33)19-28(21)39(37,38)20-24-9-5-8-23(18-24)12-11-22-6-3-2-4-7-22/h2-10,13-19H,11-12,20H2,1H3,(H2,34,35,36). The minimum atomic E-state index is -4.48. The lowest BCUT2D eigenvalue weighted by atomic mass is 10.0. The summed E-state index contributed by atoms with van der Waals surface area (Å²) in [4.78, 5) is 12.5. The molecule has 0 aliphatic rings. The smallest absolute Gasteiger partial charge is 0.308 e. The van der Waals surface area contributed by atoms with Crippen LogP contribution in [-0.4, -0.2) is 14.4 Å². The molecule has 2 amide bonds. The summed E-state index contributed by atoms with van der Waals surface area (Å²) < 4.78 is 64.9. The minimum absolute atomic E-state index is 0.0875. The molecule has 0 aliphatic heterocycles. The van der Waals surface area contributed by atoms with E-state index in [4.69, 9.17) is 0 Å². The number of sulfone groups is 1. The van der Waals surface area contributed by atoms with Gasteiger partial charge in [-0.2, -0.15) is 13.2 Å². The van der Waals surface area contributed by atoms with Crippen molar-refractivity contribution >= 4 is 27.2 Å². The number of hydrogen-bond donors (Lipinski definition) is 2. The number of urea groups is 1. The molecule has 0 spiro atoms. The van der Waals surface area contributed by atoms with Crippen molar-refractivity contribution in [1.29, 1.82) is 0 Å². The van der Waals surface area contributed by atoms with E-state index in [1.165, 1.54) is 11.6 Å². The maximum absolute atomic E-state index is 13.3. The zero-order valence-electron chi connectivity index (χ0n) is 21.1. The average molecular weight is 553 g/mol. The molecular weight excluding hydrogens is 525 g/mol. The van der Waals surface area contributed by atoms with Crippen molar-refractivity contribution in [2.24, 2.45) is 0 Å². The minimum Gasteiger partial charge on any atom is -0.308 e. The average Bonchev–Trinajstić information content (AvgIpc) is 2.89. The molecule has 9 heteroatoms. The number of alkyl halides is 3. The van der Waals surface area contributed by atoms with E-state index in [2.05, 4.69) is 22.8 Å². The number of halogens is 3. The Morgan fingerprint density at radius 2 is 1.31 bits per heavy atom. The van der Waals surface area contributed by atoms with Crippen molar-refractivity contribution in [3.05, 3.63) is 125 Å². The fraction of sp³-hybridized carbons (Fsp3) is 0.167. The Morgan fingerprint density at radius 1 is 0.718 bits per heavy atom. The molecule has 0 saturated heterocycles. The summed E-state index contributed by atoms with van der Waals surface area (Å²) in [6.07, 6.45) is -2.85. The molecule has 0 radical (unpaired) electrons. The SMILES string of the molecule is Cc1ccc(NC(=O)Nc2ccc(C(F)(F)F)cc2)cc1S(=O)(=O)Cc1cccc(CCc2ccccc2)c1. The first-order chi connectivity index (χ1) is 18.5. The lowest BCUT2D eigenvalue weighted by Gasteiger charge is -2.13. The largest absolute Gasteiger partial charge is 0.416 e. The maximum atomic E-state index is 13.3. The van der Waals surface area contributed by atoms with E-state index in [1.807, 2.05) is 36.4 Å². The van der Waals surface area contributed by atoms with Gasteiger partial charge in [0.15, 0.2) is 9.84 Å². The van der Waals surface area contributed by atoms with Crippen LogP contribution in [0, 0.1) is 6.92 Å². The lowest BCUT2D eigenvalue weighted by molar-refractivity contribution is -0.137. The number of nitrogens with one attached hydrogen (secondary N) is 2. The molecule has 5 nitrogen and oxygen atoms in total. The molecule has 0 heterocycles. The summed E-state index contributed by atoms with van der Waals surface area (Å²) in [6.45, 7) is 1.68. The third-order valence-electron chi connectivity index (χ3n) is 6.14. The molecule has 0 unspecified atom stereocenters. The van der Waals surface area contributed by atoms with Crippen molar-refractivity contribution in [3.8, 4) is 0 Å². The predicted octanol–water partition coefficient (Wildman–Crippen LogP) is 7.42. The van der Waals surface area contributed by atoms with Crippen LogP contribution in [0.5, 0.6) is 0 Å². The van der Waals surface area contributed by atoms with E-state index in [9.17, 15) is 26.4 Å². The number of rotatable bonds is 8. The van der Waals surface area contributed by atoms with Crippen LogP contribution in [0.1, 0.15) is 27.8 Å². The fourth-order valence-corrected chi connectivity index (χ4v) is 5.79. The van der Waals surface area contributed by atoms with Gasteiger partial charge in [0.05, 0.1) is 16.2 Å². The maximum Gasteiger partial charge on any atom is 0.416 e. The van der Waals surface area contributed by atoms with E-state index < -0.39 is 27.6 Å². The normalized spacial score (nSPS) is 11.7. The number of anilines is 2. The van der Waals surface area contributed by atoms with Crippen LogP contribution in [0.3, 0.4) is 0 Å². The highest BCUT2D eigenvalue weighted by Crippen LogP contribution is 2.30. The first-order valence-corrected chi connectivity index (χ1v) is 13.9. The summed E-state index contributed by atoms with van der Waals surface area (Å²) in [7, 11) is -3.74. The van der Waals surface area contributed by atoms with E-state index in [0.29, 0.717) is 11.1 Å².